The van der Waals surface area contributed by atoms with Crippen molar-refractivity contribution in [2.45, 2.75) is 25.8 Å². The number of nitrogens with one attached hydrogen (secondary N) is 1. The quantitative estimate of drug-likeness (QED) is 0.745. The van der Waals surface area contributed by atoms with Crippen molar-refractivity contribution in [1.29, 1.82) is 0 Å². The maximum Gasteiger partial charge on any atom is 0.220 e. The molecular weight excluding hydrogens is 277 g/mol. The maximum absolute atomic E-state index is 11.4. The number of carbonyl (C=O) groups is 1. The summed E-state index contributed by atoms with van der Waals surface area (Å²) in [5, 5.41) is 2.99. The van der Waals surface area contributed by atoms with Gasteiger partial charge in [-0.2, -0.15) is 0 Å². The minimum Gasteiger partial charge on any atom is -0.379 e. The summed E-state index contributed by atoms with van der Waals surface area (Å²) in [6, 6.07) is 0.198. The van der Waals surface area contributed by atoms with Crippen LogP contribution in [0.1, 0.15) is 19.8 Å². The lowest BCUT2D eigenvalue weighted by atomic mass is 10.2. The van der Waals surface area contributed by atoms with E-state index in [0.717, 1.165) is 39.3 Å². The van der Waals surface area contributed by atoms with Crippen molar-refractivity contribution >= 4 is 30.7 Å². The van der Waals surface area contributed by atoms with Gasteiger partial charge in [-0.25, -0.2) is 0 Å². The molecule has 1 aliphatic rings. The maximum atomic E-state index is 11.4. The minimum atomic E-state index is 0. The Morgan fingerprint density at radius 3 is 2.56 bits per heavy atom. The van der Waals surface area contributed by atoms with Gasteiger partial charge in [-0.3, -0.25) is 9.69 Å². The molecule has 1 aliphatic heterocycles. The number of hydrogen-bond acceptors (Lipinski definition) is 4. The lowest BCUT2D eigenvalue weighted by Gasteiger charge is -2.29. The first kappa shape index (κ1) is 20.3. The van der Waals surface area contributed by atoms with Gasteiger partial charge in [0.15, 0.2) is 0 Å². The Balaban J connectivity index is 0. The fourth-order valence-electron chi connectivity index (χ4n) is 1.83. The molecule has 1 saturated heterocycles. The van der Waals surface area contributed by atoms with Crippen LogP contribution in [0.4, 0.5) is 0 Å². The highest BCUT2D eigenvalue weighted by atomic mass is 35.5. The summed E-state index contributed by atoms with van der Waals surface area (Å²) in [4.78, 5) is 13.8. The van der Waals surface area contributed by atoms with Crippen LogP contribution in [-0.4, -0.2) is 56.2 Å². The highest BCUT2D eigenvalue weighted by Crippen LogP contribution is 1.98. The van der Waals surface area contributed by atoms with Crippen LogP contribution in [0.25, 0.3) is 0 Å². The van der Waals surface area contributed by atoms with Gasteiger partial charge in [0.1, 0.15) is 0 Å². The van der Waals surface area contributed by atoms with E-state index in [4.69, 9.17) is 10.5 Å². The molecule has 1 fully saturated rings. The first-order valence-corrected chi connectivity index (χ1v) is 6.02. The van der Waals surface area contributed by atoms with Crippen LogP contribution in [0.15, 0.2) is 0 Å². The summed E-state index contributed by atoms with van der Waals surface area (Å²) in [7, 11) is 0. The Labute approximate surface area is 122 Å². The highest BCUT2D eigenvalue weighted by molar-refractivity contribution is 5.85. The molecule has 3 N–H and O–H groups in total. The molecule has 0 saturated carbocycles. The van der Waals surface area contributed by atoms with Gasteiger partial charge in [-0.1, -0.05) is 0 Å². The number of rotatable bonds is 6. The van der Waals surface area contributed by atoms with Crippen LogP contribution in [0.2, 0.25) is 0 Å². The second-order valence-electron chi connectivity index (χ2n) is 4.27. The second-order valence-corrected chi connectivity index (χ2v) is 4.27. The largest absolute Gasteiger partial charge is 0.379 e. The van der Waals surface area contributed by atoms with Gasteiger partial charge in [-0.15, -0.1) is 24.8 Å². The van der Waals surface area contributed by atoms with E-state index in [1.807, 2.05) is 6.92 Å². The first-order chi connectivity index (χ1) is 7.72. The predicted octanol–water partition coefficient (Wildman–Crippen LogP) is 0.406. The fourth-order valence-corrected chi connectivity index (χ4v) is 1.83. The topological polar surface area (TPSA) is 67.6 Å². The summed E-state index contributed by atoms with van der Waals surface area (Å²) in [6.07, 6.45) is 1.29. The average Bonchev–Trinajstić information content (AvgIpc) is 2.27. The van der Waals surface area contributed by atoms with Crippen LogP contribution >= 0.6 is 24.8 Å². The molecule has 0 aromatic rings. The summed E-state index contributed by atoms with van der Waals surface area (Å²) < 4.78 is 5.27. The molecule has 0 aromatic carbocycles. The van der Waals surface area contributed by atoms with E-state index in [1.165, 1.54) is 0 Å². The van der Waals surface area contributed by atoms with Crippen molar-refractivity contribution < 1.29 is 9.53 Å². The van der Waals surface area contributed by atoms with E-state index >= 15 is 0 Å². The van der Waals surface area contributed by atoms with Gasteiger partial charge in [0.2, 0.25) is 5.91 Å². The van der Waals surface area contributed by atoms with Gasteiger partial charge >= 0.3 is 0 Å². The Bertz CT molecular complexity index is 214. The van der Waals surface area contributed by atoms with E-state index in [-0.39, 0.29) is 36.8 Å². The number of ether oxygens (including phenoxy) is 1. The zero-order chi connectivity index (χ0) is 11.8. The first-order valence-electron chi connectivity index (χ1n) is 6.02. The molecule has 0 aliphatic carbocycles. The molecule has 1 heterocycles. The van der Waals surface area contributed by atoms with E-state index in [0.29, 0.717) is 13.0 Å². The Morgan fingerprint density at radius 1 is 1.39 bits per heavy atom. The molecule has 1 amide bonds. The molecule has 18 heavy (non-hydrogen) atoms. The zero-order valence-corrected chi connectivity index (χ0v) is 12.5. The minimum absolute atomic E-state index is 0. The number of nitrogens with zero attached hydrogens (tertiary/aromatic N) is 1. The molecule has 7 heteroatoms. The number of morpholine rings is 1. The molecule has 0 aromatic heterocycles. The van der Waals surface area contributed by atoms with Crippen LogP contribution in [0, 0.1) is 0 Å². The SMILES string of the molecule is CC(CN1CCOCC1)NC(=O)CCCN.Cl.Cl. The Kier molecular flexibility index (Phi) is 13.5. The lowest BCUT2D eigenvalue weighted by Crippen LogP contribution is -2.46. The normalized spacial score (nSPS) is 17.2. The van der Waals surface area contributed by atoms with Crippen molar-refractivity contribution in [2.75, 3.05) is 39.4 Å². The number of halogens is 2. The van der Waals surface area contributed by atoms with Gasteiger partial charge < -0.3 is 15.8 Å². The third kappa shape index (κ3) is 8.94. The van der Waals surface area contributed by atoms with Gasteiger partial charge in [0.25, 0.3) is 0 Å². The van der Waals surface area contributed by atoms with Gasteiger partial charge in [0, 0.05) is 32.1 Å². The van der Waals surface area contributed by atoms with E-state index in [2.05, 4.69) is 10.2 Å². The molecule has 1 atom stereocenters. The van der Waals surface area contributed by atoms with E-state index < -0.39 is 0 Å². The van der Waals surface area contributed by atoms with Crippen LogP contribution in [0.3, 0.4) is 0 Å². The van der Waals surface area contributed by atoms with Gasteiger partial charge in [0.05, 0.1) is 13.2 Å². The Hall–Kier alpha value is -0.0700. The molecule has 1 unspecified atom stereocenters. The molecule has 0 bridgehead atoms. The number of carbonyl (C=O) groups excluding carboxylic acids is 1. The Morgan fingerprint density at radius 2 is 2.00 bits per heavy atom. The van der Waals surface area contributed by atoms with Crippen molar-refractivity contribution in [3.05, 3.63) is 0 Å². The fraction of sp³-hybridized carbons (Fsp3) is 0.909. The predicted molar refractivity (Wildman–Crippen MR) is 77.6 cm³/mol. The van der Waals surface area contributed by atoms with Gasteiger partial charge in [-0.05, 0) is 19.9 Å². The van der Waals surface area contributed by atoms with Crippen LogP contribution in [0.5, 0.6) is 0 Å². The van der Waals surface area contributed by atoms with Crippen LogP contribution in [-0.2, 0) is 9.53 Å². The monoisotopic (exact) mass is 301 g/mol. The zero-order valence-electron chi connectivity index (χ0n) is 10.9. The number of amides is 1. The van der Waals surface area contributed by atoms with Crippen molar-refractivity contribution in [2.24, 2.45) is 5.73 Å². The highest BCUT2D eigenvalue weighted by Gasteiger charge is 2.14. The van der Waals surface area contributed by atoms with E-state index in [1.54, 1.807) is 0 Å². The standard InChI is InChI=1S/C11H23N3O2.2ClH/c1-10(13-11(15)3-2-4-12)9-14-5-7-16-8-6-14;;/h10H,2-9,12H2,1H3,(H,13,15);2*1H. The lowest BCUT2D eigenvalue weighted by molar-refractivity contribution is -0.121. The van der Waals surface area contributed by atoms with Crippen molar-refractivity contribution in [3.8, 4) is 0 Å². The third-order valence-electron chi connectivity index (χ3n) is 2.65. The molecule has 1 rings (SSSR count). The van der Waals surface area contributed by atoms with Crippen molar-refractivity contribution in [1.82, 2.24) is 10.2 Å². The summed E-state index contributed by atoms with van der Waals surface area (Å²) in [5.74, 6) is 0.103. The molecule has 0 spiro atoms. The average molecular weight is 302 g/mol. The summed E-state index contributed by atoms with van der Waals surface area (Å²) in [5.41, 5.74) is 5.35. The second kappa shape index (κ2) is 12.0. The third-order valence-corrected chi connectivity index (χ3v) is 2.65. The summed E-state index contributed by atoms with van der Waals surface area (Å²) >= 11 is 0. The molecule has 5 nitrogen and oxygen atoms in total. The molecule has 110 valence electrons. The number of hydrogen-bond donors (Lipinski definition) is 2. The van der Waals surface area contributed by atoms with Crippen molar-refractivity contribution in [3.63, 3.8) is 0 Å². The number of nitrogens with two attached hydrogens (primary N) is 1. The smallest absolute Gasteiger partial charge is 0.220 e. The summed E-state index contributed by atoms with van der Waals surface area (Å²) in [6.45, 7) is 7.03. The molecule has 0 radical (unpaired) electrons. The van der Waals surface area contributed by atoms with Crippen LogP contribution < -0.4 is 11.1 Å². The van der Waals surface area contributed by atoms with E-state index in [9.17, 15) is 4.79 Å². The molecular formula is C11H25Cl2N3O2.